The summed E-state index contributed by atoms with van der Waals surface area (Å²) in [6.07, 6.45) is 0. The number of carbonyl (C=O) groups is 2. The minimum Gasteiger partial charge on any atom is -0.368 e. The molecule has 0 radical (unpaired) electrons. The van der Waals surface area contributed by atoms with Crippen molar-refractivity contribution < 1.29 is 9.59 Å². The molecular weight excluding hydrogens is 344 g/mol. The summed E-state index contributed by atoms with van der Waals surface area (Å²) in [7, 11) is 0. The van der Waals surface area contributed by atoms with Gasteiger partial charge in [0, 0.05) is 35.5 Å². The largest absolute Gasteiger partial charge is 0.368 e. The fourth-order valence-corrected chi connectivity index (χ4v) is 2.47. The minimum atomic E-state index is -0.492. The van der Waals surface area contributed by atoms with E-state index in [0.29, 0.717) is 22.8 Å². The lowest BCUT2D eigenvalue weighted by atomic mass is 10.1. The normalized spacial score (nSPS) is 10.3. The van der Waals surface area contributed by atoms with Crippen molar-refractivity contribution in [3.8, 4) is 11.3 Å². The number of aromatic nitrogens is 2. The molecule has 0 unspecified atom stereocenters. The van der Waals surface area contributed by atoms with Crippen LogP contribution < -0.4 is 22.1 Å². The number of primary amides is 1. The number of anilines is 4. The third-order valence-electron chi connectivity index (χ3n) is 3.69. The molecule has 136 valence electrons. The Balaban J connectivity index is 1.82. The third-order valence-corrected chi connectivity index (χ3v) is 3.69. The van der Waals surface area contributed by atoms with E-state index in [1.165, 1.54) is 6.92 Å². The zero-order valence-corrected chi connectivity index (χ0v) is 14.6. The summed E-state index contributed by atoms with van der Waals surface area (Å²) in [6.45, 7) is 1.45. The molecule has 0 spiro atoms. The van der Waals surface area contributed by atoms with E-state index in [-0.39, 0.29) is 11.9 Å². The Morgan fingerprint density at radius 3 is 2.15 bits per heavy atom. The highest BCUT2D eigenvalue weighted by atomic mass is 16.1. The molecule has 2 aromatic carbocycles. The van der Waals surface area contributed by atoms with E-state index in [1.807, 2.05) is 12.1 Å². The lowest BCUT2D eigenvalue weighted by Crippen LogP contribution is -2.10. The summed E-state index contributed by atoms with van der Waals surface area (Å²) in [5, 5.41) is 5.85. The zero-order chi connectivity index (χ0) is 19.4. The Bertz CT molecular complexity index is 984. The van der Waals surface area contributed by atoms with Crippen LogP contribution in [0.5, 0.6) is 0 Å². The molecule has 27 heavy (non-hydrogen) atoms. The molecule has 0 aliphatic rings. The molecule has 0 aliphatic carbocycles. The monoisotopic (exact) mass is 362 g/mol. The van der Waals surface area contributed by atoms with Gasteiger partial charge in [-0.15, -0.1) is 0 Å². The van der Waals surface area contributed by atoms with Crippen LogP contribution in [0.3, 0.4) is 0 Å². The summed E-state index contributed by atoms with van der Waals surface area (Å²) in [5.74, 6) is 0.00713. The Hall–Kier alpha value is -3.94. The van der Waals surface area contributed by atoms with Gasteiger partial charge in [0.05, 0.1) is 5.69 Å². The number of nitrogens with one attached hydrogen (secondary N) is 2. The first-order valence-corrected chi connectivity index (χ1v) is 8.10. The van der Waals surface area contributed by atoms with Crippen LogP contribution in [0.1, 0.15) is 17.3 Å². The number of amides is 2. The van der Waals surface area contributed by atoms with Crippen LogP contribution in [0.2, 0.25) is 0 Å². The van der Waals surface area contributed by atoms with Gasteiger partial charge in [-0.05, 0) is 36.4 Å². The maximum atomic E-state index is 11.2. The third kappa shape index (κ3) is 4.57. The van der Waals surface area contributed by atoms with Crippen molar-refractivity contribution in [2.75, 3.05) is 16.4 Å². The first-order chi connectivity index (χ1) is 12.9. The van der Waals surface area contributed by atoms with Crippen LogP contribution in [0.4, 0.5) is 23.1 Å². The number of hydrogen-bond acceptors (Lipinski definition) is 6. The predicted molar refractivity (Wildman–Crippen MR) is 104 cm³/mol. The van der Waals surface area contributed by atoms with Crippen molar-refractivity contribution in [1.82, 2.24) is 9.97 Å². The lowest BCUT2D eigenvalue weighted by Gasteiger charge is -2.10. The smallest absolute Gasteiger partial charge is 0.248 e. The van der Waals surface area contributed by atoms with E-state index >= 15 is 0 Å². The predicted octanol–water partition coefficient (Wildman–Crippen LogP) is 2.53. The summed E-state index contributed by atoms with van der Waals surface area (Å²) < 4.78 is 0. The van der Waals surface area contributed by atoms with Crippen LogP contribution in [0.25, 0.3) is 11.3 Å². The van der Waals surface area contributed by atoms with Crippen molar-refractivity contribution in [1.29, 1.82) is 0 Å². The molecule has 3 aromatic rings. The summed E-state index contributed by atoms with van der Waals surface area (Å²) in [6, 6.07) is 15.7. The first kappa shape index (κ1) is 17.9. The molecule has 0 atom stereocenters. The number of carbonyl (C=O) groups excluding carboxylic acids is 2. The number of nitrogens with two attached hydrogens (primary N) is 2. The lowest BCUT2D eigenvalue weighted by molar-refractivity contribution is -0.114. The Morgan fingerprint density at radius 2 is 1.56 bits per heavy atom. The van der Waals surface area contributed by atoms with Crippen molar-refractivity contribution in [2.24, 2.45) is 5.73 Å². The maximum Gasteiger partial charge on any atom is 0.248 e. The molecule has 0 saturated carbocycles. The van der Waals surface area contributed by atoms with Gasteiger partial charge < -0.3 is 22.1 Å². The van der Waals surface area contributed by atoms with Crippen LogP contribution >= 0.6 is 0 Å². The van der Waals surface area contributed by atoms with Crippen molar-refractivity contribution >= 4 is 35.0 Å². The molecule has 2 amide bonds. The van der Waals surface area contributed by atoms with Crippen LogP contribution in [0.15, 0.2) is 54.6 Å². The van der Waals surface area contributed by atoms with Crippen molar-refractivity contribution in [2.45, 2.75) is 6.92 Å². The Morgan fingerprint density at radius 1 is 0.926 bits per heavy atom. The molecule has 0 bridgehead atoms. The van der Waals surface area contributed by atoms with Crippen molar-refractivity contribution in [3.05, 3.63) is 60.2 Å². The molecule has 8 heteroatoms. The standard InChI is InChI=1S/C19H18N6O2/c1-11(26)22-14-6-8-15(9-7-14)23-17-10-16(24-19(21)25-17)12-2-4-13(5-3-12)18(20)27/h2-10H,1H3,(H2,20,27)(H,22,26)(H3,21,23,24,25). The zero-order valence-electron chi connectivity index (χ0n) is 14.6. The fraction of sp³-hybridized carbons (Fsp3) is 0.0526. The Kier molecular flexibility index (Phi) is 4.98. The van der Waals surface area contributed by atoms with Gasteiger partial charge in [-0.25, -0.2) is 4.98 Å². The molecule has 0 fully saturated rings. The van der Waals surface area contributed by atoms with E-state index in [9.17, 15) is 9.59 Å². The van der Waals surface area contributed by atoms with Gasteiger partial charge in [-0.3, -0.25) is 9.59 Å². The molecule has 1 aromatic heterocycles. The molecule has 3 rings (SSSR count). The highest BCUT2D eigenvalue weighted by molar-refractivity contribution is 5.93. The first-order valence-electron chi connectivity index (χ1n) is 8.10. The SMILES string of the molecule is CC(=O)Nc1ccc(Nc2cc(-c3ccc(C(N)=O)cc3)nc(N)n2)cc1. The second-order valence-corrected chi connectivity index (χ2v) is 5.82. The van der Waals surface area contributed by atoms with Gasteiger partial charge in [0.1, 0.15) is 5.82 Å². The van der Waals surface area contributed by atoms with Gasteiger partial charge >= 0.3 is 0 Å². The van der Waals surface area contributed by atoms with Gasteiger partial charge in [0.25, 0.3) is 0 Å². The van der Waals surface area contributed by atoms with Crippen LogP contribution in [-0.4, -0.2) is 21.8 Å². The average Bonchev–Trinajstić information content (AvgIpc) is 2.62. The van der Waals surface area contributed by atoms with Gasteiger partial charge in [0.15, 0.2) is 0 Å². The number of benzene rings is 2. The summed E-state index contributed by atoms with van der Waals surface area (Å²) in [5.41, 5.74) is 14.4. The maximum absolute atomic E-state index is 11.2. The topological polar surface area (TPSA) is 136 Å². The van der Waals surface area contributed by atoms with E-state index in [4.69, 9.17) is 11.5 Å². The number of nitrogens with zero attached hydrogens (tertiary/aromatic N) is 2. The summed E-state index contributed by atoms with van der Waals surface area (Å²) in [4.78, 5) is 30.7. The van der Waals surface area contributed by atoms with Gasteiger partial charge in [-0.2, -0.15) is 4.98 Å². The van der Waals surface area contributed by atoms with Crippen molar-refractivity contribution in [3.63, 3.8) is 0 Å². The van der Waals surface area contributed by atoms with E-state index in [1.54, 1.807) is 42.5 Å². The fourth-order valence-electron chi connectivity index (χ4n) is 2.47. The second kappa shape index (κ2) is 7.52. The van der Waals surface area contributed by atoms with E-state index < -0.39 is 5.91 Å². The average molecular weight is 362 g/mol. The highest BCUT2D eigenvalue weighted by Gasteiger charge is 2.07. The summed E-state index contributed by atoms with van der Waals surface area (Å²) >= 11 is 0. The quantitative estimate of drug-likeness (QED) is 0.550. The number of nitrogen functional groups attached to an aromatic ring is 1. The van der Waals surface area contributed by atoms with Gasteiger partial charge in [-0.1, -0.05) is 12.1 Å². The Labute approximate surface area is 155 Å². The molecular formula is C19H18N6O2. The van der Waals surface area contributed by atoms with Crippen LogP contribution in [-0.2, 0) is 4.79 Å². The minimum absolute atomic E-state index is 0.115. The molecule has 0 saturated heterocycles. The molecule has 8 nitrogen and oxygen atoms in total. The molecule has 1 heterocycles. The second-order valence-electron chi connectivity index (χ2n) is 5.82. The van der Waals surface area contributed by atoms with E-state index in [2.05, 4.69) is 20.6 Å². The van der Waals surface area contributed by atoms with Gasteiger partial charge in [0.2, 0.25) is 17.8 Å². The molecule has 0 aliphatic heterocycles. The van der Waals surface area contributed by atoms with Crippen LogP contribution in [0, 0.1) is 0 Å². The molecule has 6 N–H and O–H groups in total. The van der Waals surface area contributed by atoms with E-state index in [0.717, 1.165) is 11.3 Å². The number of rotatable bonds is 5. The highest BCUT2D eigenvalue weighted by Crippen LogP contribution is 2.24. The number of hydrogen-bond donors (Lipinski definition) is 4.